The van der Waals surface area contributed by atoms with Gasteiger partial charge in [0.05, 0.1) is 12.7 Å². The minimum absolute atomic E-state index is 0.458. The van der Waals surface area contributed by atoms with E-state index in [1.165, 1.54) is 24.1 Å². The van der Waals surface area contributed by atoms with E-state index in [2.05, 4.69) is 24.4 Å². The van der Waals surface area contributed by atoms with Crippen molar-refractivity contribution in [3.05, 3.63) is 23.8 Å². The van der Waals surface area contributed by atoms with Crippen LogP contribution in [0.4, 0.5) is 5.69 Å². The van der Waals surface area contributed by atoms with Gasteiger partial charge in [-0.05, 0) is 63.3 Å². The largest absolute Gasteiger partial charge is 0.494 e. The van der Waals surface area contributed by atoms with Crippen LogP contribution in [0.5, 0.6) is 5.75 Å². The molecule has 0 spiro atoms. The van der Waals surface area contributed by atoms with Crippen LogP contribution >= 0.6 is 0 Å². The Hall–Kier alpha value is -1.22. The number of benzene rings is 1. The highest BCUT2D eigenvalue weighted by atomic mass is 16.5. The first-order valence-electron chi connectivity index (χ1n) is 7.25. The summed E-state index contributed by atoms with van der Waals surface area (Å²) in [6.07, 6.45) is 5.14. The normalized spacial score (nSPS) is 23.1. The van der Waals surface area contributed by atoms with Crippen LogP contribution in [-0.4, -0.2) is 25.9 Å². The van der Waals surface area contributed by atoms with E-state index >= 15 is 0 Å². The Labute approximate surface area is 116 Å². The van der Waals surface area contributed by atoms with Crippen molar-refractivity contribution in [2.24, 2.45) is 0 Å². The molecule has 1 fully saturated rings. The molecule has 1 aliphatic carbocycles. The van der Waals surface area contributed by atoms with Crippen molar-refractivity contribution < 1.29 is 9.47 Å². The molecule has 0 saturated heterocycles. The predicted molar refractivity (Wildman–Crippen MR) is 79.0 cm³/mol. The van der Waals surface area contributed by atoms with Gasteiger partial charge in [-0.25, -0.2) is 0 Å². The first-order chi connectivity index (χ1) is 9.22. The maximum absolute atomic E-state index is 5.52. The van der Waals surface area contributed by atoms with Crippen molar-refractivity contribution in [2.45, 2.75) is 51.7 Å². The molecule has 0 heterocycles. The van der Waals surface area contributed by atoms with Gasteiger partial charge in [-0.3, -0.25) is 0 Å². The lowest BCUT2D eigenvalue weighted by Crippen LogP contribution is -2.29. The summed E-state index contributed by atoms with van der Waals surface area (Å²) in [7, 11) is 1.81. The summed E-state index contributed by atoms with van der Waals surface area (Å²) in [6, 6.07) is 6.85. The number of hydrogen-bond donors (Lipinski definition) is 1. The van der Waals surface area contributed by atoms with Crippen LogP contribution < -0.4 is 10.1 Å². The zero-order valence-corrected chi connectivity index (χ0v) is 12.2. The molecule has 0 bridgehead atoms. The van der Waals surface area contributed by atoms with Gasteiger partial charge in [0.15, 0.2) is 0 Å². The average molecular weight is 263 g/mol. The third-order valence-electron chi connectivity index (χ3n) is 3.88. The van der Waals surface area contributed by atoms with Crippen molar-refractivity contribution >= 4 is 5.69 Å². The Bertz CT molecular complexity index is 398. The van der Waals surface area contributed by atoms with E-state index in [1.807, 2.05) is 20.1 Å². The molecule has 0 aromatic heterocycles. The third kappa shape index (κ3) is 3.87. The lowest BCUT2D eigenvalue weighted by molar-refractivity contribution is 0.0682. The van der Waals surface area contributed by atoms with Crippen LogP contribution in [0.2, 0.25) is 0 Å². The summed E-state index contributed by atoms with van der Waals surface area (Å²) in [5, 5.41) is 3.65. The number of anilines is 1. The van der Waals surface area contributed by atoms with Crippen molar-refractivity contribution in [1.82, 2.24) is 0 Å². The van der Waals surface area contributed by atoms with E-state index in [-0.39, 0.29) is 0 Å². The fourth-order valence-electron chi connectivity index (χ4n) is 2.72. The zero-order chi connectivity index (χ0) is 13.7. The van der Waals surface area contributed by atoms with Crippen molar-refractivity contribution in [3.63, 3.8) is 0 Å². The van der Waals surface area contributed by atoms with E-state index in [0.717, 1.165) is 18.6 Å². The van der Waals surface area contributed by atoms with Crippen LogP contribution in [0.1, 0.15) is 38.2 Å². The molecular weight excluding hydrogens is 238 g/mol. The molecule has 0 aliphatic heterocycles. The molecular formula is C16H25NO2. The van der Waals surface area contributed by atoms with Gasteiger partial charge >= 0.3 is 0 Å². The summed E-state index contributed by atoms with van der Waals surface area (Å²) in [5.41, 5.74) is 2.48. The van der Waals surface area contributed by atoms with Crippen molar-refractivity contribution in [1.29, 1.82) is 0 Å². The molecule has 0 radical (unpaired) electrons. The van der Waals surface area contributed by atoms with Gasteiger partial charge < -0.3 is 14.8 Å². The highest BCUT2D eigenvalue weighted by molar-refractivity contribution is 5.54. The number of hydrogen-bond acceptors (Lipinski definition) is 3. The van der Waals surface area contributed by atoms with E-state index in [9.17, 15) is 0 Å². The van der Waals surface area contributed by atoms with Crippen molar-refractivity contribution in [3.8, 4) is 5.75 Å². The predicted octanol–water partition coefficient (Wildman–Crippen LogP) is 3.76. The first kappa shape index (κ1) is 14.2. The number of aryl methyl sites for hydroxylation is 1. The van der Waals surface area contributed by atoms with Gasteiger partial charge in [0, 0.05) is 18.8 Å². The topological polar surface area (TPSA) is 30.5 Å². The highest BCUT2D eigenvalue weighted by Crippen LogP contribution is 2.27. The molecule has 1 N–H and O–H groups in total. The van der Waals surface area contributed by atoms with Crippen LogP contribution in [0.25, 0.3) is 0 Å². The molecule has 106 valence electrons. The molecule has 1 aromatic carbocycles. The monoisotopic (exact) mass is 263 g/mol. The van der Waals surface area contributed by atoms with Crippen LogP contribution in [-0.2, 0) is 4.74 Å². The molecule has 0 unspecified atom stereocenters. The molecule has 0 atom stereocenters. The Morgan fingerprint density at radius 3 is 2.53 bits per heavy atom. The van der Waals surface area contributed by atoms with Crippen LogP contribution in [0, 0.1) is 6.92 Å². The smallest absolute Gasteiger partial charge is 0.119 e. The number of ether oxygens (including phenoxy) is 2. The van der Waals surface area contributed by atoms with Gasteiger partial charge in [0.2, 0.25) is 0 Å². The molecule has 19 heavy (non-hydrogen) atoms. The fraction of sp³-hybridized carbons (Fsp3) is 0.625. The van der Waals surface area contributed by atoms with E-state index < -0.39 is 0 Å². The quantitative estimate of drug-likeness (QED) is 0.877. The van der Waals surface area contributed by atoms with Gasteiger partial charge in [-0.1, -0.05) is 0 Å². The SMILES string of the molecule is CCOc1ccc(NC2CCC(OC)CC2)c(C)c1. The lowest BCUT2D eigenvalue weighted by Gasteiger charge is -2.29. The van der Waals surface area contributed by atoms with Crippen molar-refractivity contribution in [2.75, 3.05) is 19.0 Å². The third-order valence-corrected chi connectivity index (χ3v) is 3.88. The minimum Gasteiger partial charge on any atom is -0.494 e. The molecule has 2 rings (SSSR count). The van der Waals surface area contributed by atoms with E-state index in [4.69, 9.17) is 9.47 Å². The number of methoxy groups -OCH3 is 1. The summed E-state index contributed by atoms with van der Waals surface area (Å²) in [5.74, 6) is 0.952. The zero-order valence-electron chi connectivity index (χ0n) is 12.2. The Morgan fingerprint density at radius 2 is 1.95 bits per heavy atom. The molecule has 1 saturated carbocycles. The second-order valence-corrected chi connectivity index (χ2v) is 5.26. The Morgan fingerprint density at radius 1 is 1.21 bits per heavy atom. The maximum atomic E-state index is 5.52. The average Bonchev–Trinajstić information content (AvgIpc) is 2.43. The molecule has 3 heteroatoms. The van der Waals surface area contributed by atoms with Gasteiger partial charge in [-0.15, -0.1) is 0 Å². The summed E-state index contributed by atoms with van der Waals surface area (Å²) < 4.78 is 10.9. The van der Waals surface area contributed by atoms with Gasteiger partial charge in [-0.2, -0.15) is 0 Å². The minimum atomic E-state index is 0.458. The second-order valence-electron chi connectivity index (χ2n) is 5.26. The van der Waals surface area contributed by atoms with E-state index in [1.54, 1.807) is 0 Å². The standard InChI is InChI=1S/C16H25NO2/c1-4-19-15-9-10-16(12(2)11-15)17-13-5-7-14(18-3)8-6-13/h9-11,13-14,17H,4-8H2,1-3H3. The lowest BCUT2D eigenvalue weighted by atomic mass is 9.92. The Balaban J connectivity index is 1.92. The summed E-state index contributed by atoms with van der Waals surface area (Å²) in [4.78, 5) is 0. The first-order valence-corrected chi connectivity index (χ1v) is 7.25. The van der Waals surface area contributed by atoms with E-state index in [0.29, 0.717) is 18.8 Å². The molecule has 0 amide bonds. The molecule has 3 nitrogen and oxygen atoms in total. The molecule has 1 aliphatic rings. The maximum Gasteiger partial charge on any atom is 0.119 e. The second kappa shape index (κ2) is 6.80. The molecule has 1 aromatic rings. The Kier molecular flexibility index (Phi) is 5.08. The fourth-order valence-corrected chi connectivity index (χ4v) is 2.72. The van der Waals surface area contributed by atoms with Crippen LogP contribution in [0.3, 0.4) is 0 Å². The number of nitrogens with one attached hydrogen (secondary N) is 1. The summed E-state index contributed by atoms with van der Waals surface area (Å²) in [6.45, 7) is 4.86. The summed E-state index contributed by atoms with van der Waals surface area (Å²) >= 11 is 0. The van der Waals surface area contributed by atoms with Gasteiger partial charge in [0.1, 0.15) is 5.75 Å². The van der Waals surface area contributed by atoms with Crippen LogP contribution in [0.15, 0.2) is 18.2 Å². The number of rotatable bonds is 5. The van der Waals surface area contributed by atoms with Gasteiger partial charge in [0.25, 0.3) is 0 Å². The highest BCUT2D eigenvalue weighted by Gasteiger charge is 2.20.